The fraction of sp³-hybridized carbons (Fsp3) is 0.0492. The van der Waals surface area contributed by atoms with E-state index >= 15 is 0 Å². The van der Waals surface area contributed by atoms with Gasteiger partial charge in [-0.1, -0.05) is 172 Å². The number of fused-ring (bicyclic) bond motifs is 15. The van der Waals surface area contributed by atoms with Gasteiger partial charge in [0.15, 0.2) is 0 Å². The van der Waals surface area contributed by atoms with Gasteiger partial charge in [-0.2, -0.15) is 0 Å². The van der Waals surface area contributed by atoms with Crippen molar-refractivity contribution in [2.24, 2.45) is 0 Å². The molecule has 1 aliphatic carbocycles. The van der Waals surface area contributed by atoms with E-state index in [4.69, 9.17) is 0 Å². The van der Waals surface area contributed by atoms with E-state index in [1.54, 1.807) is 0 Å². The minimum atomic E-state index is -0.178. The van der Waals surface area contributed by atoms with E-state index in [1.807, 2.05) is 22.7 Å². The van der Waals surface area contributed by atoms with E-state index in [9.17, 15) is 0 Å². The van der Waals surface area contributed by atoms with Crippen LogP contribution in [-0.4, -0.2) is 0 Å². The van der Waals surface area contributed by atoms with Crippen molar-refractivity contribution >= 4 is 106 Å². The lowest BCUT2D eigenvalue weighted by molar-refractivity contribution is 0.661. The zero-order valence-electron chi connectivity index (χ0n) is 34.8. The smallest absolute Gasteiger partial charge is 0.0361 e. The molecule has 13 aromatic rings. The summed E-state index contributed by atoms with van der Waals surface area (Å²) in [4.78, 5) is 0. The highest BCUT2D eigenvalue weighted by molar-refractivity contribution is 7.26. The fourth-order valence-electron chi connectivity index (χ4n) is 11.3. The Hall–Kier alpha value is -7.10. The van der Waals surface area contributed by atoms with Gasteiger partial charge in [-0.05, 0) is 135 Å². The molecule has 0 radical (unpaired) electrons. The van der Waals surface area contributed by atoms with Crippen molar-refractivity contribution in [2.75, 3.05) is 0 Å². The molecule has 2 heterocycles. The first-order chi connectivity index (χ1) is 31.0. The average molecular weight is 835 g/mol. The van der Waals surface area contributed by atoms with Gasteiger partial charge < -0.3 is 0 Å². The Bertz CT molecular complexity index is 4060. The Kier molecular flexibility index (Phi) is 7.31. The highest BCUT2D eigenvalue weighted by atomic mass is 32.1. The van der Waals surface area contributed by atoms with Crippen LogP contribution in [0.4, 0.5) is 0 Å². The second-order valence-electron chi connectivity index (χ2n) is 17.9. The summed E-state index contributed by atoms with van der Waals surface area (Å²) < 4.78 is 5.39. The molecule has 2 aromatic heterocycles. The van der Waals surface area contributed by atoms with Gasteiger partial charge in [0.2, 0.25) is 0 Å². The van der Waals surface area contributed by atoms with Gasteiger partial charge in [0.1, 0.15) is 0 Å². The molecule has 11 aromatic carbocycles. The first kappa shape index (κ1) is 35.5. The summed E-state index contributed by atoms with van der Waals surface area (Å²) in [6.07, 6.45) is 0. The maximum absolute atomic E-state index is 2.50. The van der Waals surface area contributed by atoms with Crippen LogP contribution in [0.15, 0.2) is 194 Å². The van der Waals surface area contributed by atoms with Crippen LogP contribution in [0.5, 0.6) is 0 Å². The third kappa shape index (κ3) is 4.97. The number of hydrogen-bond acceptors (Lipinski definition) is 2. The molecule has 0 saturated heterocycles. The molecule has 0 bridgehead atoms. The molecular formula is C61H38S2. The second kappa shape index (κ2) is 13.0. The monoisotopic (exact) mass is 834 g/mol. The van der Waals surface area contributed by atoms with Crippen molar-refractivity contribution in [3.63, 3.8) is 0 Å². The molecular weight excluding hydrogens is 797 g/mol. The summed E-state index contributed by atoms with van der Waals surface area (Å²) in [5, 5.41) is 15.8. The van der Waals surface area contributed by atoms with Gasteiger partial charge in [-0.25, -0.2) is 0 Å². The molecule has 0 aliphatic heterocycles. The highest BCUT2D eigenvalue weighted by Crippen LogP contribution is 2.53. The molecule has 0 atom stereocenters. The lowest BCUT2D eigenvalue weighted by Gasteiger charge is -2.23. The molecule has 14 rings (SSSR count). The van der Waals surface area contributed by atoms with E-state index < -0.39 is 0 Å². The van der Waals surface area contributed by atoms with Crippen molar-refractivity contribution in [3.8, 4) is 44.5 Å². The molecule has 0 spiro atoms. The first-order valence-electron chi connectivity index (χ1n) is 21.9. The van der Waals surface area contributed by atoms with Crippen LogP contribution in [0, 0.1) is 0 Å². The Labute approximate surface area is 372 Å². The summed E-state index contributed by atoms with van der Waals surface area (Å²) in [6, 6.07) is 73.4. The Morgan fingerprint density at radius 3 is 1.46 bits per heavy atom. The van der Waals surface area contributed by atoms with Crippen LogP contribution in [0.1, 0.15) is 25.0 Å². The predicted octanol–water partition coefficient (Wildman–Crippen LogP) is 18.3. The standard InChI is InChI=1S/C61H38S2/c1-61(2)51-32-36(37-23-27-50-56(34-37)63-55-31-29-47-48(60(50)55)28-30-54-59(47)49-19-9-10-21-53(49)62-54)22-25-40(51)41-26-24-38(33-52(41)61)57-43-15-5-7-17-45(43)58(46-18-8-6-16-44(46)57)42-20-11-13-35-12-3-4-14-39(35)42/h3-34H,1-2H3. The molecule has 0 N–H and O–H groups in total. The largest absolute Gasteiger partial charge is 0.135 e. The third-order valence-electron chi connectivity index (χ3n) is 14.3. The molecule has 0 saturated carbocycles. The van der Waals surface area contributed by atoms with Gasteiger partial charge in [-0.3, -0.25) is 0 Å². The Morgan fingerprint density at radius 1 is 0.302 bits per heavy atom. The maximum Gasteiger partial charge on any atom is 0.0361 e. The zero-order chi connectivity index (χ0) is 41.6. The van der Waals surface area contributed by atoms with Gasteiger partial charge in [0.25, 0.3) is 0 Å². The van der Waals surface area contributed by atoms with E-state index in [0.717, 1.165) is 0 Å². The number of hydrogen-bond donors (Lipinski definition) is 0. The van der Waals surface area contributed by atoms with Crippen molar-refractivity contribution in [3.05, 3.63) is 205 Å². The quantitative estimate of drug-likeness (QED) is 0.156. The maximum atomic E-state index is 2.50. The van der Waals surface area contributed by atoms with Crippen molar-refractivity contribution in [1.82, 2.24) is 0 Å². The fourth-order valence-corrected chi connectivity index (χ4v) is 13.6. The molecule has 1 aliphatic rings. The van der Waals surface area contributed by atoms with Gasteiger partial charge in [0.05, 0.1) is 0 Å². The van der Waals surface area contributed by atoms with Crippen LogP contribution in [-0.2, 0) is 5.41 Å². The van der Waals surface area contributed by atoms with Gasteiger partial charge in [-0.15, -0.1) is 22.7 Å². The summed E-state index contributed by atoms with van der Waals surface area (Å²) in [5.41, 5.74) is 13.0. The van der Waals surface area contributed by atoms with Crippen molar-refractivity contribution in [1.29, 1.82) is 0 Å². The van der Waals surface area contributed by atoms with Crippen molar-refractivity contribution in [2.45, 2.75) is 19.3 Å². The van der Waals surface area contributed by atoms with E-state index in [0.29, 0.717) is 0 Å². The van der Waals surface area contributed by atoms with Crippen molar-refractivity contribution < 1.29 is 0 Å². The van der Waals surface area contributed by atoms with E-state index in [1.165, 1.54) is 139 Å². The summed E-state index contributed by atoms with van der Waals surface area (Å²) in [7, 11) is 0. The van der Waals surface area contributed by atoms with E-state index in [2.05, 4.69) is 208 Å². The number of benzene rings is 11. The minimum Gasteiger partial charge on any atom is -0.135 e. The molecule has 63 heavy (non-hydrogen) atoms. The van der Waals surface area contributed by atoms with Crippen LogP contribution < -0.4 is 0 Å². The average Bonchev–Trinajstić information content (AvgIpc) is 3.97. The van der Waals surface area contributed by atoms with Crippen LogP contribution >= 0.6 is 22.7 Å². The summed E-state index contributed by atoms with van der Waals surface area (Å²) in [6.45, 7) is 4.83. The van der Waals surface area contributed by atoms with Crippen LogP contribution in [0.3, 0.4) is 0 Å². The SMILES string of the molecule is CC1(C)c2cc(-c3ccc4c(c3)sc3ccc5c(ccc6sc7ccccc7c65)c34)ccc2-c2ccc(-c3c4ccccc4c(-c4cccc5ccccc45)c4ccccc34)cc21. The highest BCUT2D eigenvalue weighted by Gasteiger charge is 2.36. The number of thiophene rings is 2. The Balaban J connectivity index is 0.885. The lowest BCUT2D eigenvalue weighted by atomic mass is 9.80. The Morgan fingerprint density at radius 2 is 0.778 bits per heavy atom. The molecule has 0 fully saturated rings. The van der Waals surface area contributed by atoms with Crippen LogP contribution in [0.2, 0.25) is 0 Å². The van der Waals surface area contributed by atoms with Gasteiger partial charge in [0, 0.05) is 45.8 Å². The molecule has 2 heteroatoms. The predicted molar refractivity (Wildman–Crippen MR) is 276 cm³/mol. The molecule has 0 amide bonds. The zero-order valence-corrected chi connectivity index (χ0v) is 36.4. The number of rotatable bonds is 3. The first-order valence-corrected chi connectivity index (χ1v) is 23.5. The summed E-state index contributed by atoms with van der Waals surface area (Å²) in [5.74, 6) is 0. The topological polar surface area (TPSA) is 0 Å². The third-order valence-corrected chi connectivity index (χ3v) is 16.5. The lowest BCUT2D eigenvalue weighted by Crippen LogP contribution is -2.15. The summed E-state index contributed by atoms with van der Waals surface area (Å²) >= 11 is 3.81. The van der Waals surface area contributed by atoms with E-state index in [-0.39, 0.29) is 5.41 Å². The molecule has 0 unspecified atom stereocenters. The second-order valence-corrected chi connectivity index (χ2v) is 20.1. The molecule has 0 nitrogen and oxygen atoms in total. The van der Waals surface area contributed by atoms with Crippen LogP contribution in [0.25, 0.3) is 128 Å². The molecule has 294 valence electrons. The normalized spacial score (nSPS) is 13.4. The van der Waals surface area contributed by atoms with Gasteiger partial charge >= 0.3 is 0 Å². The minimum absolute atomic E-state index is 0.178.